The first-order valence-corrected chi connectivity index (χ1v) is 6.94. The molecule has 0 aromatic heterocycles. The van der Waals surface area contributed by atoms with E-state index in [0.717, 1.165) is 7.11 Å². The molecule has 0 aromatic carbocycles. The number of carbonyl (C=O) groups is 3. The fourth-order valence-electron chi connectivity index (χ4n) is 1.15. The van der Waals surface area contributed by atoms with Crippen molar-refractivity contribution in [2.24, 2.45) is 10.8 Å². The van der Waals surface area contributed by atoms with Gasteiger partial charge in [-0.25, -0.2) is 0 Å². The highest BCUT2D eigenvalue weighted by Gasteiger charge is 2.37. The van der Waals surface area contributed by atoms with Crippen LogP contribution in [0.25, 0.3) is 0 Å². The molecular weight excluding hydrogens is 308 g/mol. The lowest BCUT2D eigenvalue weighted by Crippen LogP contribution is -2.34. The van der Waals surface area contributed by atoms with E-state index in [9.17, 15) is 14.4 Å². The molecule has 0 aromatic rings. The van der Waals surface area contributed by atoms with Gasteiger partial charge in [0.2, 0.25) is 0 Å². The van der Waals surface area contributed by atoms with Crippen molar-refractivity contribution in [1.29, 1.82) is 0 Å². The lowest BCUT2D eigenvalue weighted by atomic mass is 9.94. The molecule has 0 aliphatic rings. The van der Waals surface area contributed by atoms with Crippen molar-refractivity contribution in [3.8, 4) is 0 Å². The van der Waals surface area contributed by atoms with Crippen LogP contribution < -0.4 is 0 Å². The molecule has 0 aliphatic heterocycles. The van der Waals surface area contributed by atoms with Crippen molar-refractivity contribution in [2.45, 2.75) is 27.7 Å². The van der Waals surface area contributed by atoms with Gasteiger partial charge in [-0.3, -0.25) is 14.4 Å². The van der Waals surface area contributed by atoms with Crippen LogP contribution in [-0.2, 0) is 33.3 Å². The quantitative estimate of drug-likeness (QED) is 0.399. The molecule has 0 fully saturated rings. The van der Waals surface area contributed by atoms with Crippen LogP contribution in [-0.4, -0.2) is 64.2 Å². The van der Waals surface area contributed by atoms with Gasteiger partial charge in [0.1, 0.15) is 0 Å². The first kappa shape index (κ1) is 23.6. The van der Waals surface area contributed by atoms with Crippen molar-refractivity contribution in [3.05, 3.63) is 0 Å². The number of aliphatic carboxylic acids is 1. The van der Waals surface area contributed by atoms with E-state index in [2.05, 4.69) is 9.47 Å². The van der Waals surface area contributed by atoms with E-state index in [0.29, 0.717) is 19.8 Å². The molecule has 0 aliphatic carbocycles. The van der Waals surface area contributed by atoms with E-state index in [1.54, 1.807) is 21.0 Å². The van der Waals surface area contributed by atoms with Crippen LogP contribution in [0.5, 0.6) is 0 Å². The Kier molecular flexibility index (Phi) is 11.2. The van der Waals surface area contributed by atoms with Crippen molar-refractivity contribution in [3.63, 3.8) is 0 Å². The van der Waals surface area contributed by atoms with E-state index in [-0.39, 0.29) is 5.97 Å². The van der Waals surface area contributed by atoms with Crippen molar-refractivity contribution >= 4 is 17.9 Å². The average Bonchev–Trinajstić information content (AvgIpc) is 2.50. The molecule has 0 rings (SSSR count). The topological polar surface area (TPSA) is 108 Å². The molecule has 23 heavy (non-hydrogen) atoms. The first-order valence-electron chi connectivity index (χ1n) is 6.94. The second-order valence-corrected chi connectivity index (χ2v) is 5.84. The summed E-state index contributed by atoms with van der Waals surface area (Å²) in [7, 11) is 4.14. The molecule has 0 bridgehead atoms. The summed E-state index contributed by atoms with van der Waals surface area (Å²) in [5.74, 6) is -2.18. The number of hydrogen-bond acceptors (Lipinski definition) is 7. The van der Waals surface area contributed by atoms with Crippen molar-refractivity contribution in [1.82, 2.24) is 0 Å². The fraction of sp³-hybridized carbons (Fsp3) is 0.800. The highest BCUT2D eigenvalue weighted by molar-refractivity contribution is 5.98. The summed E-state index contributed by atoms with van der Waals surface area (Å²) in [6.45, 7) is 7.54. The average molecular weight is 336 g/mol. The maximum absolute atomic E-state index is 11.2. The molecule has 0 heterocycles. The third-order valence-corrected chi connectivity index (χ3v) is 2.86. The van der Waals surface area contributed by atoms with Crippen molar-refractivity contribution < 1.29 is 38.4 Å². The SMILES string of the molecule is COC(=O)C(C)(C)C(=O)O.COCCOCC(C)(C)C(=O)OC. The molecule has 1 N–H and O–H groups in total. The first-order chi connectivity index (χ1) is 10.5. The van der Waals surface area contributed by atoms with Crippen molar-refractivity contribution in [2.75, 3.05) is 41.2 Å². The van der Waals surface area contributed by atoms with Gasteiger partial charge >= 0.3 is 17.9 Å². The number of methoxy groups -OCH3 is 3. The summed E-state index contributed by atoms with van der Waals surface area (Å²) >= 11 is 0. The van der Waals surface area contributed by atoms with Crippen LogP contribution in [0.4, 0.5) is 0 Å². The van der Waals surface area contributed by atoms with E-state index in [1.807, 2.05) is 0 Å². The van der Waals surface area contributed by atoms with Gasteiger partial charge in [0.05, 0.1) is 39.5 Å². The zero-order valence-corrected chi connectivity index (χ0v) is 14.9. The predicted octanol–water partition coefficient (Wildman–Crippen LogP) is 1.12. The normalized spacial score (nSPS) is 11.1. The van der Waals surface area contributed by atoms with Gasteiger partial charge in [0.15, 0.2) is 5.41 Å². The van der Waals surface area contributed by atoms with Crippen LogP contribution in [0.2, 0.25) is 0 Å². The standard InChI is InChI=1S/C9H18O4.C6H10O4/c1-9(2,8(10)12-4)7-13-6-5-11-3;1-6(2,4(7)8)5(9)10-3/h5-7H2,1-4H3;1-3H3,(H,7,8). The Labute approximate surface area is 137 Å². The number of rotatable bonds is 8. The van der Waals surface area contributed by atoms with Gasteiger partial charge in [-0.2, -0.15) is 0 Å². The molecule has 0 unspecified atom stereocenters. The second kappa shape index (κ2) is 11.0. The number of carboxylic acid groups (broad SMARTS) is 1. The summed E-state index contributed by atoms with van der Waals surface area (Å²) < 4.78 is 18.9. The minimum atomic E-state index is -1.44. The number of carboxylic acids is 1. The molecule has 0 saturated heterocycles. The van der Waals surface area contributed by atoms with Gasteiger partial charge in [-0.15, -0.1) is 0 Å². The van der Waals surface area contributed by atoms with Crippen LogP contribution in [0.3, 0.4) is 0 Å². The maximum atomic E-state index is 11.2. The fourth-order valence-corrected chi connectivity index (χ4v) is 1.15. The zero-order chi connectivity index (χ0) is 18.7. The van der Waals surface area contributed by atoms with Crippen LogP contribution in [0.1, 0.15) is 27.7 Å². The highest BCUT2D eigenvalue weighted by atomic mass is 16.5. The lowest BCUT2D eigenvalue weighted by Gasteiger charge is -2.20. The Bertz CT molecular complexity index is 387. The lowest BCUT2D eigenvalue weighted by molar-refractivity contribution is -0.164. The summed E-state index contributed by atoms with van der Waals surface area (Å²) in [6, 6.07) is 0. The number of hydrogen-bond donors (Lipinski definition) is 1. The highest BCUT2D eigenvalue weighted by Crippen LogP contribution is 2.17. The summed E-state index contributed by atoms with van der Waals surface area (Å²) in [5, 5.41) is 8.44. The Hall–Kier alpha value is -1.67. The summed E-state index contributed by atoms with van der Waals surface area (Å²) in [5.41, 5.74) is -2.02. The molecule has 0 saturated carbocycles. The Balaban J connectivity index is 0. The van der Waals surface area contributed by atoms with E-state index in [4.69, 9.17) is 14.6 Å². The Morgan fingerprint density at radius 2 is 1.35 bits per heavy atom. The third-order valence-electron chi connectivity index (χ3n) is 2.86. The molecule has 8 heteroatoms. The molecular formula is C15H28O8. The maximum Gasteiger partial charge on any atom is 0.322 e. The largest absolute Gasteiger partial charge is 0.480 e. The molecule has 136 valence electrons. The Morgan fingerprint density at radius 3 is 1.65 bits per heavy atom. The van der Waals surface area contributed by atoms with Crippen LogP contribution in [0.15, 0.2) is 0 Å². The predicted molar refractivity (Wildman–Crippen MR) is 81.9 cm³/mol. The number of ether oxygens (including phenoxy) is 4. The molecule has 8 nitrogen and oxygen atoms in total. The van der Waals surface area contributed by atoms with E-state index < -0.39 is 22.8 Å². The smallest absolute Gasteiger partial charge is 0.322 e. The molecule has 0 atom stereocenters. The molecule has 0 spiro atoms. The third kappa shape index (κ3) is 9.14. The van der Waals surface area contributed by atoms with E-state index in [1.165, 1.54) is 21.0 Å². The van der Waals surface area contributed by atoms with Crippen LogP contribution >= 0.6 is 0 Å². The zero-order valence-electron chi connectivity index (χ0n) is 14.9. The summed E-state index contributed by atoms with van der Waals surface area (Å²) in [6.07, 6.45) is 0. The minimum Gasteiger partial charge on any atom is -0.480 e. The number of esters is 2. The van der Waals surface area contributed by atoms with Gasteiger partial charge in [0, 0.05) is 7.11 Å². The van der Waals surface area contributed by atoms with Crippen LogP contribution in [0, 0.1) is 10.8 Å². The van der Waals surface area contributed by atoms with Gasteiger partial charge < -0.3 is 24.1 Å². The second-order valence-electron chi connectivity index (χ2n) is 5.84. The van der Waals surface area contributed by atoms with Gasteiger partial charge in [-0.1, -0.05) is 0 Å². The molecule has 0 amide bonds. The minimum absolute atomic E-state index is 0.259. The number of carbonyl (C=O) groups excluding carboxylic acids is 2. The summed E-state index contributed by atoms with van der Waals surface area (Å²) in [4.78, 5) is 32.2. The van der Waals surface area contributed by atoms with E-state index >= 15 is 0 Å². The van der Waals surface area contributed by atoms with Gasteiger partial charge in [-0.05, 0) is 27.7 Å². The Morgan fingerprint density at radius 1 is 0.870 bits per heavy atom. The monoisotopic (exact) mass is 336 g/mol. The molecule has 0 radical (unpaired) electrons. The van der Waals surface area contributed by atoms with Gasteiger partial charge in [0.25, 0.3) is 0 Å².